The minimum Gasteiger partial charge on any atom is -0.344 e. The van der Waals surface area contributed by atoms with Gasteiger partial charge in [-0.25, -0.2) is 4.98 Å². The van der Waals surface area contributed by atoms with Crippen LogP contribution in [0.15, 0.2) is 0 Å². The summed E-state index contributed by atoms with van der Waals surface area (Å²) in [5, 5.41) is 5.46. The molecule has 0 aromatic carbocycles. The van der Waals surface area contributed by atoms with Gasteiger partial charge in [-0.15, -0.1) is 0 Å². The summed E-state index contributed by atoms with van der Waals surface area (Å²) < 4.78 is 4.16. The Hall–Kier alpha value is -2.03. The Labute approximate surface area is 131 Å². The Balaban J connectivity index is 1.50. The molecule has 3 rings (SSSR count). The second-order valence-corrected chi connectivity index (χ2v) is 6.42. The first-order valence-corrected chi connectivity index (χ1v) is 7.99. The van der Waals surface area contributed by atoms with E-state index in [1.54, 1.807) is 11.9 Å². The Kier molecular flexibility index (Phi) is 4.06. The molecule has 0 radical (unpaired) electrons. The van der Waals surface area contributed by atoms with Crippen molar-refractivity contribution >= 4 is 34.4 Å². The average Bonchev–Trinajstić information content (AvgIpc) is 3.23. The van der Waals surface area contributed by atoms with Crippen LogP contribution in [0, 0.1) is 0 Å². The predicted molar refractivity (Wildman–Crippen MR) is 79.3 cm³/mol. The SMILES string of the molecule is CN1CC(NC(=O)C(=O)Nc2nc(C3CC3)ns2)CCC1=O. The highest BCUT2D eigenvalue weighted by atomic mass is 32.1. The summed E-state index contributed by atoms with van der Waals surface area (Å²) in [5.41, 5.74) is 0. The zero-order valence-electron chi connectivity index (χ0n) is 12.2. The van der Waals surface area contributed by atoms with Crippen LogP contribution in [-0.2, 0) is 14.4 Å². The third-order valence-corrected chi connectivity index (χ3v) is 4.42. The average molecular weight is 323 g/mol. The molecule has 2 N–H and O–H groups in total. The van der Waals surface area contributed by atoms with E-state index >= 15 is 0 Å². The molecule has 8 nitrogen and oxygen atoms in total. The van der Waals surface area contributed by atoms with Crippen molar-refractivity contribution in [3.8, 4) is 0 Å². The lowest BCUT2D eigenvalue weighted by Crippen LogP contribution is -2.50. The van der Waals surface area contributed by atoms with Gasteiger partial charge in [0.15, 0.2) is 0 Å². The molecule has 1 saturated carbocycles. The van der Waals surface area contributed by atoms with Crippen LogP contribution in [0.2, 0.25) is 0 Å². The minimum absolute atomic E-state index is 0.0522. The normalized spacial score (nSPS) is 21.6. The maximum absolute atomic E-state index is 11.9. The van der Waals surface area contributed by atoms with Crippen molar-refractivity contribution in [3.63, 3.8) is 0 Å². The number of hydrogen-bond donors (Lipinski definition) is 2. The summed E-state index contributed by atoms with van der Waals surface area (Å²) in [7, 11) is 1.68. The van der Waals surface area contributed by atoms with Crippen LogP contribution in [0.4, 0.5) is 5.13 Å². The first kappa shape index (κ1) is 14.9. The molecule has 0 spiro atoms. The lowest BCUT2D eigenvalue weighted by atomic mass is 10.1. The van der Waals surface area contributed by atoms with Crippen molar-refractivity contribution in [1.29, 1.82) is 0 Å². The summed E-state index contributed by atoms with van der Waals surface area (Å²) in [6.07, 6.45) is 3.09. The number of likely N-dealkylation sites (N-methyl/N-ethyl adjacent to an activating group) is 1. The molecule has 9 heteroatoms. The third kappa shape index (κ3) is 3.41. The van der Waals surface area contributed by atoms with Gasteiger partial charge in [0.1, 0.15) is 5.82 Å². The Morgan fingerprint density at radius 1 is 1.27 bits per heavy atom. The Bertz CT molecular complexity index is 613. The van der Waals surface area contributed by atoms with Gasteiger partial charge < -0.3 is 10.2 Å². The van der Waals surface area contributed by atoms with Crippen molar-refractivity contribution in [1.82, 2.24) is 19.6 Å². The highest BCUT2D eigenvalue weighted by Crippen LogP contribution is 2.39. The number of carbonyl (C=O) groups is 3. The molecule has 3 amide bonds. The largest absolute Gasteiger partial charge is 0.344 e. The molecule has 1 atom stereocenters. The summed E-state index contributed by atoms with van der Waals surface area (Å²) in [4.78, 5) is 40.9. The molecule has 1 aromatic heterocycles. The smallest absolute Gasteiger partial charge is 0.315 e. The van der Waals surface area contributed by atoms with E-state index in [4.69, 9.17) is 0 Å². The number of aromatic nitrogens is 2. The maximum Gasteiger partial charge on any atom is 0.315 e. The van der Waals surface area contributed by atoms with Gasteiger partial charge in [0, 0.05) is 43.5 Å². The van der Waals surface area contributed by atoms with Crippen molar-refractivity contribution in [2.45, 2.75) is 37.6 Å². The fourth-order valence-corrected chi connectivity index (χ4v) is 2.97. The van der Waals surface area contributed by atoms with Crippen LogP contribution in [0.3, 0.4) is 0 Å². The van der Waals surface area contributed by atoms with Crippen LogP contribution in [0.5, 0.6) is 0 Å². The van der Waals surface area contributed by atoms with E-state index in [1.807, 2.05) is 0 Å². The number of hydrogen-bond acceptors (Lipinski definition) is 6. The minimum atomic E-state index is -0.752. The van der Waals surface area contributed by atoms with Crippen LogP contribution in [-0.4, -0.2) is 51.6 Å². The number of amides is 3. The maximum atomic E-state index is 11.9. The van der Waals surface area contributed by atoms with Gasteiger partial charge in [-0.3, -0.25) is 19.7 Å². The molecular weight excluding hydrogens is 306 g/mol. The van der Waals surface area contributed by atoms with E-state index in [0.717, 1.165) is 30.2 Å². The van der Waals surface area contributed by atoms with Gasteiger partial charge >= 0.3 is 11.8 Å². The molecule has 1 saturated heterocycles. The summed E-state index contributed by atoms with van der Waals surface area (Å²) in [6.45, 7) is 0.419. The zero-order chi connectivity index (χ0) is 15.7. The monoisotopic (exact) mass is 323 g/mol. The van der Waals surface area contributed by atoms with Crippen LogP contribution < -0.4 is 10.6 Å². The van der Waals surface area contributed by atoms with Gasteiger partial charge in [0.25, 0.3) is 0 Å². The van der Waals surface area contributed by atoms with Crippen LogP contribution in [0.25, 0.3) is 0 Å². The number of nitrogens with one attached hydrogen (secondary N) is 2. The van der Waals surface area contributed by atoms with E-state index in [1.165, 1.54) is 0 Å². The van der Waals surface area contributed by atoms with Crippen molar-refractivity contribution in [3.05, 3.63) is 5.82 Å². The fourth-order valence-electron chi connectivity index (χ4n) is 2.33. The number of anilines is 1. The highest BCUT2D eigenvalue weighted by Gasteiger charge is 2.29. The number of likely N-dealkylation sites (tertiary alicyclic amines) is 1. The van der Waals surface area contributed by atoms with Crippen molar-refractivity contribution in [2.75, 3.05) is 18.9 Å². The summed E-state index contributed by atoms with van der Waals surface area (Å²) in [5.74, 6) is -0.260. The second kappa shape index (κ2) is 5.99. The van der Waals surface area contributed by atoms with E-state index in [2.05, 4.69) is 20.0 Å². The summed E-state index contributed by atoms with van der Waals surface area (Å²) >= 11 is 1.08. The topological polar surface area (TPSA) is 104 Å². The molecule has 118 valence electrons. The first-order chi connectivity index (χ1) is 10.5. The first-order valence-electron chi connectivity index (χ1n) is 7.22. The summed E-state index contributed by atoms with van der Waals surface area (Å²) in [6, 6.07) is -0.197. The molecule has 1 aliphatic heterocycles. The van der Waals surface area contributed by atoms with Crippen LogP contribution in [0.1, 0.15) is 37.4 Å². The third-order valence-electron chi connectivity index (χ3n) is 3.77. The van der Waals surface area contributed by atoms with Gasteiger partial charge in [0.2, 0.25) is 11.0 Å². The van der Waals surface area contributed by atoms with Gasteiger partial charge in [-0.2, -0.15) is 4.37 Å². The molecule has 0 bridgehead atoms. The number of carbonyl (C=O) groups excluding carboxylic acids is 3. The number of rotatable bonds is 3. The lowest BCUT2D eigenvalue weighted by Gasteiger charge is -2.29. The van der Waals surface area contributed by atoms with Gasteiger partial charge in [-0.05, 0) is 19.3 Å². The highest BCUT2D eigenvalue weighted by molar-refractivity contribution is 7.10. The van der Waals surface area contributed by atoms with Crippen molar-refractivity contribution in [2.24, 2.45) is 0 Å². The molecule has 2 heterocycles. The molecule has 1 aliphatic carbocycles. The molecular formula is C13H17N5O3S. The molecule has 22 heavy (non-hydrogen) atoms. The fraction of sp³-hybridized carbons (Fsp3) is 0.615. The zero-order valence-corrected chi connectivity index (χ0v) is 13.0. The van der Waals surface area contributed by atoms with Crippen LogP contribution >= 0.6 is 11.5 Å². The van der Waals surface area contributed by atoms with E-state index in [0.29, 0.717) is 30.4 Å². The Morgan fingerprint density at radius 3 is 2.73 bits per heavy atom. The van der Waals surface area contributed by atoms with Gasteiger partial charge in [-0.1, -0.05) is 0 Å². The standard InChI is InChI=1S/C13H17N5O3S/c1-18-6-8(4-5-9(18)19)14-11(20)12(21)16-13-15-10(17-22-13)7-2-3-7/h7-8H,2-6H2,1H3,(H,14,20)(H,15,16,17,21). The van der Waals surface area contributed by atoms with E-state index in [9.17, 15) is 14.4 Å². The molecule has 1 aromatic rings. The predicted octanol–water partition coefficient (Wildman–Crippen LogP) is 0.0910. The van der Waals surface area contributed by atoms with E-state index < -0.39 is 11.8 Å². The van der Waals surface area contributed by atoms with Gasteiger partial charge in [0.05, 0.1) is 0 Å². The van der Waals surface area contributed by atoms with Crippen molar-refractivity contribution < 1.29 is 14.4 Å². The van der Waals surface area contributed by atoms with E-state index in [-0.39, 0.29) is 11.9 Å². The molecule has 1 unspecified atom stereocenters. The molecule has 2 fully saturated rings. The quantitative estimate of drug-likeness (QED) is 0.767. The number of piperidine rings is 1. The second-order valence-electron chi connectivity index (χ2n) is 5.67. The molecule has 2 aliphatic rings. The number of nitrogens with zero attached hydrogens (tertiary/aromatic N) is 3. The Morgan fingerprint density at radius 2 is 2.05 bits per heavy atom. The lowest BCUT2D eigenvalue weighted by molar-refractivity contribution is -0.138.